The highest BCUT2D eigenvalue weighted by molar-refractivity contribution is 6.24. The number of aliphatic hydroxyl groups is 3. The molecule has 35 heavy (non-hydrogen) atoms. The molecule has 0 aliphatic heterocycles. The highest BCUT2D eigenvalue weighted by atomic mass is 16.3. The summed E-state index contributed by atoms with van der Waals surface area (Å²) in [5, 5.41) is 47.6. The molecule has 3 aliphatic rings. The van der Waals surface area contributed by atoms with Crippen LogP contribution in [0, 0.1) is 11.8 Å². The number of benzene rings is 1. The van der Waals surface area contributed by atoms with Crippen molar-refractivity contribution in [2.45, 2.75) is 50.8 Å². The van der Waals surface area contributed by atoms with E-state index in [9.17, 15) is 34.8 Å². The van der Waals surface area contributed by atoms with E-state index >= 15 is 0 Å². The number of fused-ring (bicyclic) bond motifs is 3. The van der Waals surface area contributed by atoms with Gasteiger partial charge in [-0.3, -0.25) is 19.3 Å². The number of hydrogen-bond acceptors (Lipinski definition) is 9. The molecule has 10 nitrogen and oxygen atoms in total. The summed E-state index contributed by atoms with van der Waals surface area (Å²) in [6, 6.07) is 2.13. The summed E-state index contributed by atoms with van der Waals surface area (Å²) in [6.45, 7) is 4.01. The molecule has 10 heteroatoms. The number of nitrogens with two attached hydrogens (primary N) is 1. The topological polar surface area (TPSA) is 173 Å². The second kappa shape index (κ2) is 8.39. The van der Waals surface area contributed by atoms with E-state index in [4.69, 9.17) is 5.73 Å². The minimum atomic E-state index is -2.63. The molecule has 0 saturated heterocycles. The van der Waals surface area contributed by atoms with Gasteiger partial charge in [-0.25, -0.2) is 0 Å². The fourth-order valence-corrected chi connectivity index (χ4v) is 5.75. The minimum Gasteiger partial charge on any atom is -0.508 e. The molecule has 1 saturated carbocycles. The zero-order valence-corrected chi connectivity index (χ0v) is 20.1. The molecule has 7 N–H and O–H groups in total. The first-order valence-corrected chi connectivity index (χ1v) is 11.6. The molecule has 1 unspecified atom stereocenters. The SMILES string of the molecule is CCC(C)Nc1ccc(O)c2c1C[C@H]1C[C@H]3[C@H](N(C)C)C(=O)C(C(N)=O)=C(O)[C@@]3(O)C(=O)C1=C2O. The summed E-state index contributed by atoms with van der Waals surface area (Å²) in [6.07, 6.45) is 1.14. The van der Waals surface area contributed by atoms with Crippen LogP contribution in [0.5, 0.6) is 5.75 Å². The number of nitrogens with zero attached hydrogens (tertiary/aromatic N) is 1. The molecule has 1 amide bonds. The smallest absolute Gasteiger partial charge is 0.255 e. The number of carbonyl (C=O) groups is 3. The van der Waals surface area contributed by atoms with Gasteiger partial charge < -0.3 is 31.5 Å². The predicted molar refractivity (Wildman–Crippen MR) is 128 cm³/mol. The van der Waals surface area contributed by atoms with Crippen LogP contribution in [0.3, 0.4) is 0 Å². The Kier molecular flexibility index (Phi) is 5.93. The van der Waals surface area contributed by atoms with Gasteiger partial charge >= 0.3 is 0 Å². The molecule has 5 atom stereocenters. The third-order valence-corrected chi connectivity index (χ3v) is 7.62. The van der Waals surface area contributed by atoms with Gasteiger partial charge in [0.05, 0.1) is 11.6 Å². The first kappa shape index (κ1) is 24.7. The van der Waals surface area contributed by atoms with Crippen LogP contribution in [0.15, 0.2) is 29.0 Å². The maximum Gasteiger partial charge on any atom is 0.255 e. The van der Waals surface area contributed by atoms with Crippen LogP contribution in [0.1, 0.15) is 37.8 Å². The van der Waals surface area contributed by atoms with Crippen molar-refractivity contribution in [3.63, 3.8) is 0 Å². The van der Waals surface area contributed by atoms with E-state index in [1.54, 1.807) is 20.2 Å². The van der Waals surface area contributed by atoms with Gasteiger partial charge in [0, 0.05) is 23.2 Å². The number of primary amides is 1. The Balaban J connectivity index is 1.94. The molecule has 0 radical (unpaired) electrons. The zero-order chi connectivity index (χ0) is 26.0. The normalized spacial score (nSPS) is 29.0. The summed E-state index contributed by atoms with van der Waals surface area (Å²) < 4.78 is 0. The molecular formula is C25H31N3O7. The lowest BCUT2D eigenvalue weighted by molar-refractivity contribution is -0.153. The van der Waals surface area contributed by atoms with E-state index in [0.717, 1.165) is 6.42 Å². The van der Waals surface area contributed by atoms with Crippen molar-refractivity contribution in [1.29, 1.82) is 0 Å². The van der Waals surface area contributed by atoms with Crippen molar-refractivity contribution >= 4 is 28.9 Å². The highest BCUT2D eigenvalue weighted by Gasteiger charge is 2.64. The first-order valence-electron chi connectivity index (χ1n) is 11.6. The van der Waals surface area contributed by atoms with Crippen LogP contribution >= 0.6 is 0 Å². The van der Waals surface area contributed by atoms with Crippen LogP contribution in [-0.2, 0) is 20.8 Å². The van der Waals surface area contributed by atoms with Crippen molar-refractivity contribution in [2.24, 2.45) is 17.6 Å². The molecule has 0 spiro atoms. The molecular weight excluding hydrogens is 454 g/mol. The fraction of sp³-hybridized carbons (Fsp3) is 0.480. The lowest BCUT2D eigenvalue weighted by atomic mass is 9.57. The van der Waals surface area contributed by atoms with Gasteiger partial charge in [-0.05, 0) is 63.9 Å². The monoisotopic (exact) mass is 485 g/mol. The number of likely N-dealkylation sites (N-methyl/N-ethyl adjacent to an activating group) is 1. The minimum absolute atomic E-state index is 0.0597. The number of aromatic hydroxyl groups is 1. The van der Waals surface area contributed by atoms with Crippen molar-refractivity contribution < 1.29 is 34.8 Å². The van der Waals surface area contributed by atoms with E-state index in [1.807, 2.05) is 13.8 Å². The third kappa shape index (κ3) is 3.42. The van der Waals surface area contributed by atoms with Crippen molar-refractivity contribution in [3.05, 3.63) is 40.2 Å². The number of nitrogens with one attached hydrogen (secondary N) is 1. The fourth-order valence-electron chi connectivity index (χ4n) is 5.75. The third-order valence-electron chi connectivity index (χ3n) is 7.62. The summed E-state index contributed by atoms with van der Waals surface area (Å²) >= 11 is 0. The van der Waals surface area contributed by atoms with Gasteiger partial charge in [-0.1, -0.05) is 6.92 Å². The molecule has 0 heterocycles. The summed E-state index contributed by atoms with van der Waals surface area (Å²) in [5.74, 6) is -6.56. The lowest BCUT2D eigenvalue weighted by Crippen LogP contribution is -2.65. The van der Waals surface area contributed by atoms with Crippen LogP contribution in [0.25, 0.3) is 5.76 Å². The second-order valence-electron chi connectivity index (χ2n) is 9.90. The number of hydrogen-bond donors (Lipinski definition) is 6. The quantitative estimate of drug-likeness (QED) is 0.264. The predicted octanol–water partition coefficient (Wildman–Crippen LogP) is 1.17. The maximum atomic E-state index is 13.8. The number of amides is 1. The van der Waals surface area contributed by atoms with Gasteiger partial charge in [-0.15, -0.1) is 0 Å². The largest absolute Gasteiger partial charge is 0.508 e. The van der Waals surface area contributed by atoms with Crippen molar-refractivity contribution in [3.8, 4) is 5.75 Å². The van der Waals surface area contributed by atoms with Crippen LogP contribution < -0.4 is 11.1 Å². The van der Waals surface area contributed by atoms with E-state index in [-0.39, 0.29) is 35.8 Å². The Morgan fingerprint density at radius 1 is 1.26 bits per heavy atom. The number of aliphatic hydroxyl groups excluding tert-OH is 2. The number of phenols is 1. The van der Waals surface area contributed by atoms with Crippen LogP contribution in [0.4, 0.5) is 5.69 Å². The molecule has 3 aliphatic carbocycles. The number of ketones is 2. The van der Waals surface area contributed by atoms with E-state index < -0.39 is 58.0 Å². The molecule has 1 aromatic rings. The molecule has 1 aromatic carbocycles. The Hall–Kier alpha value is -3.37. The van der Waals surface area contributed by atoms with E-state index in [2.05, 4.69) is 5.32 Å². The maximum absolute atomic E-state index is 13.8. The summed E-state index contributed by atoms with van der Waals surface area (Å²) in [5.41, 5.74) is 3.11. The van der Waals surface area contributed by atoms with Gasteiger partial charge in [0.25, 0.3) is 5.91 Å². The molecule has 0 aromatic heterocycles. The molecule has 4 rings (SSSR count). The number of Topliss-reactive ketones (excluding diaryl/α,β-unsaturated/α-hetero) is 2. The van der Waals surface area contributed by atoms with Crippen molar-refractivity contribution in [1.82, 2.24) is 4.90 Å². The molecule has 188 valence electrons. The van der Waals surface area contributed by atoms with E-state index in [0.29, 0.717) is 11.3 Å². The number of rotatable bonds is 5. The second-order valence-corrected chi connectivity index (χ2v) is 9.90. The number of phenolic OH excluding ortho intramolecular Hbond substituents is 1. The Labute approximate surface area is 202 Å². The highest BCUT2D eigenvalue weighted by Crippen LogP contribution is 2.53. The molecule has 1 fully saturated rings. The Morgan fingerprint density at radius 2 is 1.91 bits per heavy atom. The van der Waals surface area contributed by atoms with Gasteiger partial charge in [0.1, 0.15) is 22.8 Å². The number of carbonyl (C=O) groups excluding carboxylic acids is 3. The van der Waals surface area contributed by atoms with Gasteiger partial charge in [-0.2, -0.15) is 0 Å². The first-order chi connectivity index (χ1) is 16.4. The lowest BCUT2D eigenvalue weighted by Gasteiger charge is -2.50. The van der Waals surface area contributed by atoms with Crippen LogP contribution in [-0.4, -0.2) is 74.6 Å². The average Bonchev–Trinajstić information content (AvgIpc) is 2.77. The average molecular weight is 486 g/mol. The van der Waals surface area contributed by atoms with Crippen LogP contribution in [0.2, 0.25) is 0 Å². The molecule has 0 bridgehead atoms. The standard InChI is InChI=1S/C25H31N3O7/c1-5-10(2)27-14-6-7-15(29)17-12(14)8-11-9-13-19(28(3)4)21(31)18(24(26)34)23(33)25(13,35)22(32)16(11)20(17)30/h6-7,10-11,13,19,27,29-30,33,35H,5,8-9H2,1-4H3,(H2,26,34)/t10?,11-,13-,19-,25-/m0/s1. The zero-order valence-electron chi connectivity index (χ0n) is 20.1. The summed E-state index contributed by atoms with van der Waals surface area (Å²) in [7, 11) is 3.14. The van der Waals surface area contributed by atoms with Gasteiger partial charge in [0.2, 0.25) is 5.78 Å². The van der Waals surface area contributed by atoms with E-state index in [1.165, 1.54) is 11.0 Å². The Bertz CT molecular complexity index is 1200. The Morgan fingerprint density at radius 3 is 2.49 bits per heavy atom. The number of anilines is 1. The summed E-state index contributed by atoms with van der Waals surface area (Å²) in [4.78, 5) is 40.4. The van der Waals surface area contributed by atoms with Gasteiger partial charge in [0.15, 0.2) is 11.4 Å². The van der Waals surface area contributed by atoms with Crippen molar-refractivity contribution in [2.75, 3.05) is 19.4 Å².